The first-order valence-electron chi connectivity index (χ1n) is 7.10. The molecule has 1 aromatic carbocycles. The summed E-state index contributed by atoms with van der Waals surface area (Å²) in [5, 5.41) is -0.213. The van der Waals surface area contributed by atoms with Gasteiger partial charge in [0.1, 0.15) is 5.75 Å². The number of ether oxygens (including phenoxy) is 1. The maximum atomic E-state index is 12.1. The monoisotopic (exact) mass is 383 g/mol. The lowest BCUT2D eigenvalue weighted by atomic mass is 10.2. The van der Waals surface area contributed by atoms with Crippen LogP contribution in [0.1, 0.15) is 26.3 Å². The molecule has 0 atom stereocenters. The van der Waals surface area contributed by atoms with Gasteiger partial charge in [-0.05, 0) is 64.3 Å². The van der Waals surface area contributed by atoms with E-state index in [1.165, 1.54) is 4.90 Å². The van der Waals surface area contributed by atoms with E-state index in [9.17, 15) is 9.59 Å². The molecule has 0 spiro atoms. The van der Waals surface area contributed by atoms with E-state index in [0.717, 1.165) is 27.5 Å². The lowest BCUT2D eigenvalue weighted by Gasteiger charge is -2.10. The highest BCUT2D eigenvalue weighted by atomic mass is 79.9. The van der Waals surface area contributed by atoms with Gasteiger partial charge in [0.2, 0.25) is 0 Å². The molecule has 4 nitrogen and oxygen atoms in total. The van der Waals surface area contributed by atoms with Crippen molar-refractivity contribution in [1.29, 1.82) is 0 Å². The number of halogens is 1. The number of likely N-dealkylation sites (N-methyl/N-ethyl adjacent to an activating group) is 1. The number of thioether (sulfide) groups is 1. The highest BCUT2D eigenvalue weighted by Crippen LogP contribution is 2.33. The maximum absolute atomic E-state index is 12.1. The van der Waals surface area contributed by atoms with E-state index in [2.05, 4.69) is 29.8 Å². The molecule has 0 radical (unpaired) electrons. The molecule has 1 aromatic rings. The third-order valence-corrected chi connectivity index (χ3v) is 4.54. The van der Waals surface area contributed by atoms with Crippen molar-refractivity contribution in [2.45, 2.75) is 20.8 Å². The van der Waals surface area contributed by atoms with Crippen LogP contribution in [0.3, 0.4) is 0 Å². The number of benzene rings is 1. The van der Waals surface area contributed by atoms with Gasteiger partial charge in [-0.2, -0.15) is 0 Å². The molecule has 1 fully saturated rings. The Hall–Kier alpha value is -1.27. The molecular formula is C16H18BrNO3S. The van der Waals surface area contributed by atoms with E-state index in [-0.39, 0.29) is 11.1 Å². The minimum Gasteiger partial charge on any atom is -0.492 e. The Kier molecular flexibility index (Phi) is 5.69. The second-order valence-electron chi connectivity index (χ2n) is 5.32. The first-order valence-corrected chi connectivity index (χ1v) is 8.71. The second kappa shape index (κ2) is 7.33. The summed E-state index contributed by atoms with van der Waals surface area (Å²) < 4.78 is 6.52. The van der Waals surface area contributed by atoms with Crippen LogP contribution < -0.4 is 4.74 Å². The largest absolute Gasteiger partial charge is 0.492 e. The van der Waals surface area contributed by atoms with Gasteiger partial charge in [0.15, 0.2) is 0 Å². The lowest BCUT2D eigenvalue weighted by Crippen LogP contribution is -2.27. The quantitative estimate of drug-likeness (QED) is 0.700. The predicted octanol–water partition coefficient (Wildman–Crippen LogP) is 4.54. The zero-order valence-electron chi connectivity index (χ0n) is 12.8. The molecule has 1 heterocycles. The standard InChI is InChI=1S/C16H18BrNO3S/c1-4-18-15(19)14(22-16(18)20)8-11-5-6-13(12(17)7-11)21-9-10(2)3/h5-8,10H,4,9H2,1-3H3/b14-8+. The molecule has 0 N–H and O–H groups in total. The van der Waals surface area contributed by atoms with Gasteiger partial charge in [0, 0.05) is 6.54 Å². The number of carbonyl (C=O) groups is 2. The summed E-state index contributed by atoms with van der Waals surface area (Å²) in [6, 6.07) is 5.62. The zero-order valence-corrected chi connectivity index (χ0v) is 15.2. The number of hydrogen-bond acceptors (Lipinski definition) is 4. The summed E-state index contributed by atoms with van der Waals surface area (Å²) >= 11 is 4.45. The Morgan fingerprint density at radius 2 is 2.09 bits per heavy atom. The van der Waals surface area contributed by atoms with E-state index in [0.29, 0.717) is 24.0 Å². The molecule has 2 amide bonds. The molecule has 6 heteroatoms. The van der Waals surface area contributed by atoms with E-state index in [1.807, 2.05) is 18.2 Å². The van der Waals surface area contributed by atoms with Gasteiger partial charge in [0.05, 0.1) is 16.0 Å². The number of hydrogen-bond donors (Lipinski definition) is 0. The van der Waals surface area contributed by atoms with Crippen LogP contribution in [0.5, 0.6) is 5.75 Å². The van der Waals surface area contributed by atoms with E-state index in [1.54, 1.807) is 13.0 Å². The molecule has 1 aliphatic heterocycles. The molecule has 0 unspecified atom stereocenters. The summed E-state index contributed by atoms with van der Waals surface area (Å²) in [6.07, 6.45) is 1.73. The van der Waals surface area contributed by atoms with Crippen LogP contribution >= 0.6 is 27.7 Å². The van der Waals surface area contributed by atoms with Gasteiger partial charge in [-0.25, -0.2) is 0 Å². The first-order chi connectivity index (χ1) is 10.4. The van der Waals surface area contributed by atoms with Crippen molar-refractivity contribution in [1.82, 2.24) is 4.90 Å². The van der Waals surface area contributed by atoms with Crippen molar-refractivity contribution in [3.05, 3.63) is 33.1 Å². The molecule has 1 aliphatic rings. The van der Waals surface area contributed by atoms with Crippen molar-refractivity contribution in [2.75, 3.05) is 13.2 Å². The summed E-state index contributed by atoms with van der Waals surface area (Å²) in [4.78, 5) is 25.4. The van der Waals surface area contributed by atoms with Crippen LogP contribution in [0.4, 0.5) is 4.79 Å². The molecule has 22 heavy (non-hydrogen) atoms. The molecule has 0 saturated carbocycles. The van der Waals surface area contributed by atoms with Gasteiger partial charge in [-0.1, -0.05) is 19.9 Å². The predicted molar refractivity (Wildman–Crippen MR) is 92.8 cm³/mol. The Balaban J connectivity index is 2.17. The number of carbonyl (C=O) groups excluding carboxylic acids is 2. The van der Waals surface area contributed by atoms with Crippen LogP contribution in [0.15, 0.2) is 27.6 Å². The molecular weight excluding hydrogens is 366 g/mol. The molecule has 1 saturated heterocycles. The normalized spacial score (nSPS) is 17.0. The number of amides is 2. The van der Waals surface area contributed by atoms with Crippen molar-refractivity contribution < 1.29 is 14.3 Å². The number of rotatable bonds is 5. The number of imide groups is 1. The van der Waals surface area contributed by atoms with Crippen molar-refractivity contribution in [3.63, 3.8) is 0 Å². The third kappa shape index (κ3) is 3.93. The highest BCUT2D eigenvalue weighted by Gasteiger charge is 2.33. The van der Waals surface area contributed by atoms with E-state index in [4.69, 9.17) is 4.74 Å². The Morgan fingerprint density at radius 1 is 1.36 bits per heavy atom. The van der Waals surface area contributed by atoms with Gasteiger partial charge >= 0.3 is 0 Å². The van der Waals surface area contributed by atoms with Crippen LogP contribution in [0.2, 0.25) is 0 Å². The van der Waals surface area contributed by atoms with Gasteiger partial charge in [-0.15, -0.1) is 0 Å². The smallest absolute Gasteiger partial charge is 0.293 e. The van der Waals surface area contributed by atoms with Crippen LogP contribution in [-0.2, 0) is 4.79 Å². The highest BCUT2D eigenvalue weighted by molar-refractivity contribution is 9.10. The van der Waals surface area contributed by atoms with Gasteiger partial charge in [-0.3, -0.25) is 14.5 Å². The fourth-order valence-corrected chi connectivity index (χ4v) is 3.32. The zero-order chi connectivity index (χ0) is 16.3. The minimum atomic E-state index is -0.228. The maximum Gasteiger partial charge on any atom is 0.293 e. The van der Waals surface area contributed by atoms with E-state index < -0.39 is 0 Å². The Bertz CT molecular complexity index is 628. The average Bonchev–Trinajstić information content (AvgIpc) is 2.72. The molecule has 118 valence electrons. The summed E-state index contributed by atoms with van der Waals surface area (Å²) in [7, 11) is 0. The fraction of sp³-hybridized carbons (Fsp3) is 0.375. The second-order valence-corrected chi connectivity index (χ2v) is 7.17. The topological polar surface area (TPSA) is 46.6 Å². The lowest BCUT2D eigenvalue weighted by molar-refractivity contribution is -0.122. The third-order valence-electron chi connectivity index (χ3n) is 3.02. The molecule has 0 bridgehead atoms. The number of nitrogens with zero attached hydrogens (tertiary/aromatic N) is 1. The summed E-state index contributed by atoms with van der Waals surface area (Å²) in [5.74, 6) is 0.994. The van der Waals surface area contributed by atoms with Crippen LogP contribution in [0, 0.1) is 5.92 Å². The first kappa shape index (κ1) is 17.1. The van der Waals surface area contributed by atoms with Crippen molar-refractivity contribution >= 4 is 44.9 Å². The summed E-state index contributed by atoms with van der Waals surface area (Å²) in [6.45, 7) is 7.01. The minimum absolute atomic E-state index is 0.213. The molecule has 0 aliphatic carbocycles. The van der Waals surface area contributed by atoms with E-state index >= 15 is 0 Å². The Morgan fingerprint density at radius 3 is 2.64 bits per heavy atom. The van der Waals surface area contributed by atoms with Gasteiger partial charge < -0.3 is 4.74 Å². The van der Waals surface area contributed by atoms with Crippen molar-refractivity contribution in [2.24, 2.45) is 5.92 Å². The SMILES string of the molecule is CCN1C(=O)S/C(=C/c2ccc(OCC(C)C)c(Br)c2)C1=O. The van der Waals surface area contributed by atoms with Gasteiger partial charge in [0.25, 0.3) is 11.1 Å². The molecule has 2 rings (SSSR count). The van der Waals surface area contributed by atoms with Crippen LogP contribution in [-0.4, -0.2) is 29.2 Å². The molecule has 0 aromatic heterocycles. The average molecular weight is 384 g/mol. The van der Waals surface area contributed by atoms with Crippen LogP contribution in [0.25, 0.3) is 6.08 Å². The summed E-state index contributed by atoms with van der Waals surface area (Å²) in [5.41, 5.74) is 0.852. The fourth-order valence-electron chi connectivity index (χ4n) is 1.90. The van der Waals surface area contributed by atoms with Crippen molar-refractivity contribution in [3.8, 4) is 5.75 Å². The Labute approximate surface area is 143 Å².